The van der Waals surface area contributed by atoms with Gasteiger partial charge in [0.25, 0.3) is 0 Å². The molecule has 1 atom stereocenters. The lowest BCUT2D eigenvalue weighted by Gasteiger charge is -2.24. The van der Waals surface area contributed by atoms with E-state index in [1.54, 1.807) is 12.1 Å². The Morgan fingerprint density at radius 3 is 2.86 bits per heavy atom. The van der Waals surface area contributed by atoms with E-state index in [2.05, 4.69) is 10.4 Å². The summed E-state index contributed by atoms with van der Waals surface area (Å²) in [7, 11) is 0. The topological polar surface area (TPSA) is 65.4 Å². The molecule has 0 bridgehead atoms. The van der Waals surface area contributed by atoms with Crippen LogP contribution in [0.5, 0.6) is 11.5 Å². The number of nitrogens with zero attached hydrogens (tertiary/aromatic N) is 2. The molecule has 2 aliphatic rings. The van der Waals surface area contributed by atoms with Crippen LogP contribution >= 0.6 is 0 Å². The first kappa shape index (κ1) is 17.7. The van der Waals surface area contributed by atoms with Crippen LogP contribution in [0.15, 0.2) is 48.7 Å². The van der Waals surface area contributed by atoms with E-state index in [-0.39, 0.29) is 31.0 Å². The van der Waals surface area contributed by atoms with Crippen LogP contribution in [0, 0.1) is 5.82 Å². The third-order valence-corrected chi connectivity index (χ3v) is 5.39. The Kier molecular flexibility index (Phi) is 4.42. The molecule has 1 N–H and O–H groups in total. The lowest BCUT2D eigenvalue weighted by Crippen LogP contribution is -2.32. The second-order valence-electron chi connectivity index (χ2n) is 7.31. The second kappa shape index (κ2) is 7.24. The van der Waals surface area contributed by atoms with Crippen molar-refractivity contribution in [2.24, 2.45) is 0 Å². The molecule has 0 saturated carbocycles. The molecule has 0 radical (unpaired) electrons. The lowest BCUT2D eigenvalue weighted by molar-refractivity contribution is -0.121. The van der Waals surface area contributed by atoms with Crippen molar-refractivity contribution in [1.82, 2.24) is 15.1 Å². The average molecular weight is 393 g/mol. The number of rotatable bonds is 4. The van der Waals surface area contributed by atoms with Crippen LogP contribution < -0.4 is 14.8 Å². The number of aromatic nitrogens is 2. The largest absolute Gasteiger partial charge is 0.454 e. The van der Waals surface area contributed by atoms with Gasteiger partial charge in [0.05, 0.1) is 24.3 Å². The highest BCUT2D eigenvalue weighted by molar-refractivity contribution is 5.79. The number of nitrogens with one attached hydrogen (secondary N) is 1. The number of fused-ring (bicyclic) bond motifs is 2. The zero-order chi connectivity index (χ0) is 19.8. The van der Waals surface area contributed by atoms with Crippen molar-refractivity contribution in [2.45, 2.75) is 31.7 Å². The highest BCUT2D eigenvalue weighted by Gasteiger charge is 2.26. The fraction of sp³-hybridized carbons (Fsp3) is 0.273. The van der Waals surface area contributed by atoms with Gasteiger partial charge >= 0.3 is 0 Å². The quantitative estimate of drug-likeness (QED) is 0.737. The minimum atomic E-state index is -0.275. The van der Waals surface area contributed by atoms with Gasteiger partial charge in [-0.05, 0) is 61.2 Å². The van der Waals surface area contributed by atoms with Crippen molar-refractivity contribution in [2.75, 3.05) is 6.79 Å². The summed E-state index contributed by atoms with van der Waals surface area (Å²) < 4.78 is 25.8. The third-order valence-electron chi connectivity index (χ3n) is 5.39. The van der Waals surface area contributed by atoms with E-state index in [1.165, 1.54) is 12.1 Å². The summed E-state index contributed by atoms with van der Waals surface area (Å²) in [4.78, 5) is 12.7. The van der Waals surface area contributed by atoms with Crippen LogP contribution in [0.1, 0.15) is 35.7 Å². The maximum atomic E-state index is 13.2. The maximum absolute atomic E-state index is 13.2. The number of benzene rings is 2. The lowest BCUT2D eigenvalue weighted by atomic mass is 9.92. The van der Waals surface area contributed by atoms with E-state index in [0.717, 1.165) is 41.8 Å². The molecule has 0 spiro atoms. The van der Waals surface area contributed by atoms with E-state index in [0.29, 0.717) is 11.5 Å². The van der Waals surface area contributed by atoms with Gasteiger partial charge in [0, 0.05) is 11.3 Å². The summed E-state index contributed by atoms with van der Waals surface area (Å²) in [6.45, 7) is 0.216. The van der Waals surface area contributed by atoms with Crippen molar-refractivity contribution in [3.63, 3.8) is 0 Å². The Balaban J connectivity index is 1.32. The minimum absolute atomic E-state index is 0.0451. The Morgan fingerprint density at radius 2 is 2.00 bits per heavy atom. The van der Waals surface area contributed by atoms with Crippen LogP contribution in [0.25, 0.3) is 5.69 Å². The molecule has 0 fully saturated rings. The number of carbonyl (C=O) groups excluding carboxylic acids is 1. The first-order valence-corrected chi connectivity index (χ1v) is 9.68. The van der Waals surface area contributed by atoms with Crippen molar-refractivity contribution in [1.29, 1.82) is 0 Å². The number of halogens is 1. The molecule has 29 heavy (non-hydrogen) atoms. The standard InChI is InChI=1S/C22H20FN3O3/c23-15-5-7-16(8-6-15)26-19-3-1-2-18(17(19)12-24-26)25-22(27)11-14-4-9-20-21(10-14)29-13-28-20/h4-10,12,18H,1-3,11,13H2,(H,25,27). The molecule has 1 amide bonds. The molecule has 148 valence electrons. The Morgan fingerprint density at radius 1 is 1.17 bits per heavy atom. The molecule has 2 heterocycles. The van der Waals surface area contributed by atoms with Crippen molar-refractivity contribution < 1.29 is 18.7 Å². The van der Waals surface area contributed by atoms with Crippen molar-refractivity contribution >= 4 is 5.91 Å². The summed E-state index contributed by atoms with van der Waals surface area (Å²) in [5.74, 6) is 1.06. The fourth-order valence-electron chi connectivity index (χ4n) is 3.99. The first-order valence-electron chi connectivity index (χ1n) is 9.68. The van der Waals surface area contributed by atoms with Crippen molar-refractivity contribution in [3.05, 3.63) is 71.3 Å². The Hall–Kier alpha value is -3.35. The van der Waals surface area contributed by atoms with Gasteiger partial charge in [-0.1, -0.05) is 6.07 Å². The monoisotopic (exact) mass is 393 g/mol. The Bertz CT molecular complexity index is 1060. The summed E-state index contributed by atoms with van der Waals surface area (Å²) in [6, 6.07) is 11.8. The maximum Gasteiger partial charge on any atom is 0.231 e. The number of hydrogen-bond donors (Lipinski definition) is 1. The van der Waals surface area contributed by atoms with E-state index in [1.807, 2.05) is 29.1 Å². The van der Waals surface area contributed by atoms with Crippen LogP contribution in [0.3, 0.4) is 0 Å². The molecule has 0 saturated heterocycles. The van der Waals surface area contributed by atoms with Crippen LogP contribution in [-0.2, 0) is 17.6 Å². The zero-order valence-corrected chi connectivity index (χ0v) is 15.7. The van der Waals surface area contributed by atoms with Crippen LogP contribution in [0.2, 0.25) is 0 Å². The van der Waals surface area contributed by atoms with Gasteiger partial charge in [0.15, 0.2) is 11.5 Å². The number of hydrogen-bond acceptors (Lipinski definition) is 4. The molecule has 1 aliphatic carbocycles. The smallest absolute Gasteiger partial charge is 0.231 e. The van der Waals surface area contributed by atoms with Crippen LogP contribution in [0.4, 0.5) is 4.39 Å². The molecule has 2 aromatic carbocycles. The summed E-state index contributed by atoms with van der Waals surface area (Å²) in [5.41, 5.74) is 3.79. The summed E-state index contributed by atoms with van der Waals surface area (Å²) in [6.07, 6.45) is 4.78. The SMILES string of the molecule is O=C(Cc1ccc2c(c1)OCO2)NC1CCCc2c1cnn2-c1ccc(F)cc1. The molecular formula is C22H20FN3O3. The molecule has 5 rings (SSSR count). The highest BCUT2D eigenvalue weighted by Crippen LogP contribution is 2.33. The van der Waals surface area contributed by atoms with Gasteiger partial charge in [-0.3, -0.25) is 4.79 Å². The van der Waals surface area contributed by atoms with Gasteiger partial charge in [-0.25, -0.2) is 9.07 Å². The van der Waals surface area contributed by atoms with Crippen LogP contribution in [-0.4, -0.2) is 22.5 Å². The number of carbonyl (C=O) groups is 1. The number of amides is 1. The molecule has 1 unspecified atom stereocenters. The molecular weight excluding hydrogens is 373 g/mol. The third kappa shape index (κ3) is 3.44. The summed E-state index contributed by atoms with van der Waals surface area (Å²) in [5, 5.41) is 7.63. The molecule has 3 aromatic rings. The molecule has 1 aromatic heterocycles. The second-order valence-corrected chi connectivity index (χ2v) is 7.31. The average Bonchev–Trinajstić information content (AvgIpc) is 3.35. The van der Waals surface area contributed by atoms with Gasteiger partial charge in [0.1, 0.15) is 5.82 Å². The molecule has 7 heteroatoms. The predicted molar refractivity (Wildman–Crippen MR) is 104 cm³/mol. The van der Waals surface area contributed by atoms with E-state index in [9.17, 15) is 9.18 Å². The first-order chi connectivity index (χ1) is 14.2. The molecule has 1 aliphatic heterocycles. The van der Waals surface area contributed by atoms with E-state index >= 15 is 0 Å². The predicted octanol–water partition coefficient (Wildman–Crippen LogP) is 3.48. The van der Waals surface area contributed by atoms with Crippen molar-refractivity contribution in [3.8, 4) is 17.2 Å². The highest BCUT2D eigenvalue weighted by atomic mass is 19.1. The number of ether oxygens (including phenoxy) is 2. The van der Waals surface area contributed by atoms with Gasteiger partial charge in [-0.15, -0.1) is 0 Å². The van der Waals surface area contributed by atoms with Gasteiger partial charge in [-0.2, -0.15) is 5.10 Å². The summed E-state index contributed by atoms with van der Waals surface area (Å²) >= 11 is 0. The van der Waals surface area contributed by atoms with Gasteiger partial charge in [0.2, 0.25) is 12.7 Å². The molecule has 6 nitrogen and oxygen atoms in total. The normalized spacial score (nSPS) is 17.1. The minimum Gasteiger partial charge on any atom is -0.454 e. The van der Waals surface area contributed by atoms with E-state index in [4.69, 9.17) is 9.47 Å². The fourth-order valence-corrected chi connectivity index (χ4v) is 3.99. The zero-order valence-electron chi connectivity index (χ0n) is 15.7. The van der Waals surface area contributed by atoms with Gasteiger partial charge < -0.3 is 14.8 Å². The van der Waals surface area contributed by atoms with E-state index < -0.39 is 0 Å². The Labute approximate surface area is 167 Å².